The normalized spacial score (nSPS) is 24.4. The van der Waals surface area contributed by atoms with Crippen LogP contribution in [-0.2, 0) is 4.74 Å². The largest absolute Gasteiger partial charge is 0.372 e. The lowest BCUT2D eigenvalue weighted by atomic mass is 9.95. The highest BCUT2D eigenvalue weighted by Gasteiger charge is 2.25. The second-order valence-corrected chi connectivity index (χ2v) is 5.30. The first kappa shape index (κ1) is 12.5. The monoisotopic (exact) mass is 241 g/mol. The van der Waals surface area contributed by atoms with E-state index in [9.17, 15) is 8.78 Å². The molecule has 0 bridgehead atoms. The standard InChI is InChI=1S/C13H17F2NO/c1-13(2)7-16-6-12(17-8-13)9-3-10(14)5-11(15)4-9/h3-5,12,16H,6-8H2,1-2H3. The average molecular weight is 241 g/mol. The fraction of sp³-hybridized carbons (Fsp3) is 0.538. The van der Waals surface area contributed by atoms with Gasteiger partial charge in [-0.1, -0.05) is 13.8 Å². The Morgan fingerprint density at radius 2 is 1.88 bits per heavy atom. The van der Waals surface area contributed by atoms with E-state index in [2.05, 4.69) is 19.2 Å². The molecule has 2 rings (SSSR count). The summed E-state index contributed by atoms with van der Waals surface area (Å²) in [6.07, 6.45) is -0.290. The van der Waals surface area contributed by atoms with E-state index in [1.54, 1.807) is 0 Å². The lowest BCUT2D eigenvalue weighted by molar-refractivity contribution is 0.0257. The summed E-state index contributed by atoms with van der Waals surface area (Å²) in [5.74, 6) is -1.13. The Labute approximate surface area is 100.0 Å². The Hall–Kier alpha value is -1.00. The number of hydrogen-bond donors (Lipinski definition) is 1. The maximum atomic E-state index is 13.1. The van der Waals surface area contributed by atoms with Crippen LogP contribution in [0.15, 0.2) is 18.2 Å². The Morgan fingerprint density at radius 3 is 2.53 bits per heavy atom. The van der Waals surface area contributed by atoms with Gasteiger partial charge in [0, 0.05) is 24.6 Å². The number of benzene rings is 1. The van der Waals surface area contributed by atoms with Gasteiger partial charge in [-0.05, 0) is 17.7 Å². The molecule has 2 nitrogen and oxygen atoms in total. The lowest BCUT2D eigenvalue weighted by Gasteiger charge is -2.21. The highest BCUT2D eigenvalue weighted by atomic mass is 19.1. The second-order valence-electron chi connectivity index (χ2n) is 5.30. The molecule has 1 saturated heterocycles. The fourth-order valence-electron chi connectivity index (χ4n) is 1.95. The van der Waals surface area contributed by atoms with Crippen molar-refractivity contribution in [3.8, 4) is 0 Å². The van der Waals surface area contributed by atoms with E-state index >= 15 is 0 Å². The molecule has 1 aliphatic rings. The van der Waals surface area contributed by atoms with Gasteiger partial charge in [0.2, 0.25) is 0 Å². The zero-order valence-electron chi connectivity index (χ0n) is 10.1. The summed E-state index contributed by atoms with van der Waals surface area (Å²) in [5, 5.41) is 3.26. The lowest BCUT2D eigenvalue weighted by Crippen LogP contribution is -2.29. The molecule has 0 spiro atoms. The van der Waals surface area contributed by atoms with Gasteiger partial charge in [-0.25, -0.2) is 8.78 Å². The van der Waals surface area contributed by atoms with Gasteiger partial charge < -0.3 is 10.1 Å². The predicted molar refractivity (Wildman–Crippen MR) is 61.7 cm³/mol. The van der Waals surface area contributed by atoms with Gasteiger partial charge in [0.15, 0.2) is 0 Å². The summed E-state index contributed by atoms with van der Waals surface area (Å²) >= 11 is 0. The molecule has 0 aromatic heterocycles. The molecule has 1 N–H and O–H groups in total. The van der Waals surface area contributed by atoms with Crippen LogP contribution >= 0.6 is 0 Å². The highest BCUT2D eigenvalue weighted by Crippen LogP contribution is 2.26. The zero-order chi connectivity index (χ0) is 12.5. The first-order valence-electron chi connectivity index (χ1n) is 5.75. The maximum Gasteiger partial charge on any atom is 0.126 e. The van der Waals surface area contributed by atoms with E-state index in [1.165, 1.54) is 12.1 Å². The number of hydrogen-bond acceptors (Lipinski definition) is 2. The summed E-state index contributed by atoms with van der Waals surface area (Å²) < 4.78 is 32.0. The van der Waals surface area contributed by atoms with Crippen LogP contribution in [0.2, 0.25) is 0 Å². The summed E-state index contributed by atoms with van der Waals surface area (Å²) in [6.45, 7) is 6.17. The van der Waals surface area contributed by atoms with E-state index in [1.807, 2.05) is 0 Å². The van der Waals surface area contributed by atoms with Gasteiger partial charge in [-0.15, -0.1) is 0 Å². The van der Waals surface area contributed by atoms with E-state index in [0.717, 1.165) is 12.6 Å². The Kier molecular flexibility index (Phi) is 3.45. The number of nitrogens with one attached hydrogen (secondary N) is 1. The van der Waals surface area contributed by atoms with Crippen LogP contribution in [0.5, 0.6) is 0 Å². The third kappa shape index (κ3) is 3.23. The minimum absolute atomic E-state index is 0.0423. The van der Waals surface area contributed by atoms with Gasteiger partial charge in [-0.3, -0.25) is 0 Å². The molecule has 17 heavy (non-hydrogen) atoms. The number of ether oxygens (including phenoxy) is 1. The van der Waals surface area contributed by atoms with E-state index in [4.69, 9.17) is 4.74 Å². The van der Waals surface area contributed by atoms with Crippen molar-refractivity contribution in [2.24, 2.45) is 5.41 Å². The third-order valence-corrected chi connectivity index (χ3v) is 2.87. The smallest absolute Gasteiger partial charge is 0.126 e. The summed E-state index contributed by atoms with van der Waals surface area (Å²) in [5.41, 5.74) is 0.591. The summed E-state index contributed by atoms with van der Waals surface area (Å²) in [4.78, 5) is 0. The van der Waals surface area contributed by atoms with Crippen LogP contribution in [0.25, 0.3) is 0 Å². The molecule has 1 fully saturated rings. The van der Waals surface area contributed by atoms with Gasteiger partial charge in [-0.2, -0.15) is 0 Å². The summed E-state index contributed by atoms with van der Waals surface area (Å²) in [7, 11) is 0. The van der Waals surface area contributed by atoms with Crippen LogP contribution in [0.4, 0.5) is 8.78 Å². The quantitative estimate of drug-likeness (QED) is 0.816. The van der Waals surface area contributed by atoms with Crippen molar-refractivity contribution in [2.75, 3.05) is 19.7 Å². The third-order valence-electron chi connectivity index (χ3n) is 2.87. The second kappa shape index (κ2) is 4.70. The molecule has 0 amide bonds. The van der Waals surface area contributed by atoms with Crippen LogP contribution in [0, 0.1) is 17.0 Å². The van der Waals surface area contributed by atoms with E-state index in [0.29, 0.717) is 18.7 Å². The summed E-state index contributed by atoms with van der Waals surface area (Å²) in [6, 6.07) is 3.53. The number of halogens is 2. The van der Waals surface area contributed by atoms with Crippen molar-refractivity contribution in [2.45, 2.75) is 20.0 Å². The number of rotatable bonds is 1. The highest BCUT2D eigenvalue weighted by molar-refractivity contribution is 5.21. The fourth-order valence-corrected chi connectivity index (χ4v) is 1.95. The minimum Gasteiger partial charge on any atom is -0.372 e. The SMILES string of the molecule is CC1(C)CNCC(c2cc(F)cc(F)c2)OC1. The first-order valence-corrected chi connectivity index (χ1v) is 5.75. The maximum absolute atomic E-state index is 13.1. The molecule has 1 atom stereocenters. The molecule has 1 unspecified atom stereocenters. The topological polar surface area (TPSA) is 21.3 Å². The Balaban J connectivity index is 2.17. The Bertz CT molecular complexity index is 386. The molecule has 0 aliphatic carbocycles. The van der Waals surface area contributed by atoms with Crippen molar-refractivity contribution in [3.05, 3.63) is 35.4 Å². The van der Waals surface area contributed by atoms with Crippen LogP contribution < -0.4 is 5.32 Å². The Morgan fingerprint density at radius 1 is 1.24 bits per heavy atom. The molecular formula is C13H17F2NO. The van der Waals surface area contributed by atoms with Crippen molar-refractivity contribution in [1.29, 1.82) is 0 Å². The molecule has 0 saturated carbocycles. The van der Waals surface area contributed by atoms with Gasteiger partial charge >= 0.3 is 0 Å². The van der Waals surface area contributed by atoms with Crippen LogP contribution in [0.3, 0.4) is 0 Å². The van der Waals surface area contributed by atoms with Crippen molar-refractivity contribution < 1.29 is 13.5 Å². The van der Waals surface area contributed by atoms with E-state index in [-0.39, 0.29) is 11.5 Å². The molecule has 1 aromatic rings. The molecule has 4 heteroatoms. The van der Waals surface area contributed by atoms with Crippen molar-refractivity contribution >= 4 is 0 Å². The molecule has 94 valence electrons. The van der Waals surface area contributed by atoms with Crippen molar-refractivity contribution in [3.63, 3.8) is 0 Å². The predicted octanol–water partition coefficient (Wildman–Crippen LogP) is 2.65. The molecular weight excluding hydrogens is 224 g/mol. The minimum atomic E-state index is -0.563. The molecule has 1 heterocycles. The molecule has 1 aromatic carbocycles. The van der Waals surface area contributed by atoms with Crippen LogP contribution in [-0.4, -0.2) is 19.7 Å². The average Bonchev–Trinajstić information content (AvgIpc) is 2.38. The zero-order valence-corrected chi connectivity index (χ0v) is 10.1. The molecule has 1 aliphatic heterocycles. The van der Waals surface area contributed by atoms with Gasteiger partial charge in [0.1, 0.15) is 11.6 Å². The van der Waals surface area contributed by atoms with Crippen molar-refractivity contribution in [1.82, 2.24) is 5.32 Å². The first-order chi connectivity index (χ1) is 7.96. The van der Waals surface area contributed by atoms with Gasteiger partial charge in [0.25, 0.3) is 0 Å². The molecule has 0 radical (unpaired) electrons. The van der Waals surface area contributed by atoms with Gasteiger partial charge in [0.05, 0.1) is 12.7 Å². The van der Waals surface area contributed by atoms with E-state index < -0.39 is 11.6 Å². The van der Waals surface area contributed by atoms with Crippen LogP contribution in [0.1, 0.15) is 25.5 Å².